The minimum Gasteiger partial charge on any atom is -0.456 e. The lowest BCUT2D eigenvalue weighted by Gasteiger charge is -2.20. The molecule has 164 valence electrons. The maximum atomic E-state index is 12.4. The van der Waals surface area contributed by atoms with Crippen LogP contribution in [0.15, 0.2) is 49.1 Å². The molecule has 0 aliphatic heterocycles. The summed E-state index contributed by atoms with van der Waals surface area (Å²) in [5, 5.41) is 9.22. The zero-order valence-electron chi connectivity index (χ0n) is 17.7. The first-order valence-electron chi connectivity index (χ1n) is 10.7. The third-order valence-electron chi connectivity index (χ3n) is 6.26. The minimum absolute atomic E-state index is 0.0415. The van der Waals surface area contributed by atoms with Crippen LogP contribution in [0.5, 0.6) is 11.5 Å². The van der Waals surface area contributed by atoms with Gasteiger partial charge in [-0.2, -0.15) is 5.10 Å². The van der Waals surface area contributed by atoms with Gasteiger partial charge in [0.05, 0.1) is 18.1 Å². The Bertz CT molecular complexity index is 1140. The molecule has 3 aromatic heterocycles. The van der Waals surface area contributed by atoms with Gasteiger partial charge in [-0.25, -0.2) is 9.78 Å². The number of imide groups is 1. The molecule has 9 nitrogen and oxygen atoms in total. The summed E-state index contributed by atoms with van der Waals surface area (Å²) >= 11 is 0. The first kappa shape index (κ1) is 20.2. The highest BCUT2D eigenvalue weighted by Crippen LogP contribution is 2.48. The van der Waals surface area contributed by atoms with Gasteiger partial charge in [0.1, 0.15) is 17.3 Å². The van der Waals surface area contributed by atoms with Crippen molar-refractivity contribution in [1.29, 1.82) is 0 Å². The molecular weight excluding hydrogens is 408 g/mol. The summed E-state index contributed by atoms with van der Waals surface area (Å²) in [6.07, 6.45) is 11.1. The topological polar surface area (TPSA) is 111 Å². The van der Waals surface area contributed by atoms with Crippen molar-refractivity contribution in [2.45, 2.75) is 25.7 Å². The van der Waals surface area contributed by atoms with Gasteiger partial charge in [-0.1, -0.05) is 6.42 Å². The minimum atomic E-state index is -0.561. The number of fused-ring (bicyclic) bond motifs is 2. The highest BCUT2D eigenvalue weighted by atomic mass is 16.5. The van der Waals surface area contributed by atoms with Crippen molar-refractivity contribution >= 4 is 17.8 Å². The van der Waals surface area contributed by atoms with Crippen molar-refractivity contribution in [3.05, 3.63) is 49.1 Å². The monoisotopic (exact) mass is 432 g/mol. The molecule has 2 N–H and O–H groups in total. The fourth-order valence-corrected chi connectivity index (χ4v) is 4.75. The van der Waals surface area contributed by atoms with Gasteiger partial charge in [-0.3, -0.25) is 25.1 Å². The summed E-state index contributed by atoms with van der Waals surface area (Å²) in [6, 6.07) is 6.33. The fourth-order valence-electron chi connectivity index (χ4n) is 4.75. The molecule has 3 unspecified atom stereocenters. The molecule has 0 saturated heterocycles. The Morgan fingerprint density at radius 3 is 2.69 bits per heavy atom. The van der Waals surface area contributed by atoms with Crippen molar-refractivity contribution in [3.63, 3.8) is 0 Å². The predicted octanol–water partition coefficient (Wildman–Crippen LogP) is 3.75. The Morgan fingerprint density at radius 1 is 1.09 bits per heavy atom. The molecule has 2 aliphatic carbocycles. The van der Waals surface area contributed by atoms with Gasteiger partial charge in [-0.15, -0.1) is 0 Å². The number of urea groups is 1. The van der Waals surface area contributed by atoms with Gasteiger partial charge in [0.15, 0.2) is 0 Å². The van der Waals surface area contributed by atoms with Gasteiger partial charge in [0.25, 0.3) is 0 Å². The van der Waals surface area contributed by atoms with Crippen LogP contribution in [0.4, 0.5) is 10.6 Å². The molecule has 9 heteroatoms. The Hall–Kier alpha value is -3.75. The van der Waals surface area contributed by atoms with E-state index in [1.165, 1.54) is 12.6 Å². The van der Waals surface area contributed by atoms with Crippen LogP contribution in [0.2, 0.25) is 0 Å². The van der Waals surface area contributed by atoms with Crippen LogP contribution in [-0.4, -0.2) is 31.7 Å². The van der Waals surface area contributed by atoms with E-state index in [2.05, 4.69) is 25.7 Å². The number of carbonyl (C=O) groups excluding carboxylic acids is 2. The second-order valence-electron chi connectivity index (χ2n) is 8.49. The molecule has 2 fully saturated rings. The molecule has 3 heterocycles. The number of anilines is 1. The standard InChI is InChI=1S/C23H24N6O3/c1-29-13-16(11-26-29)20-10-17(6-7-24-20)32-18-4-5-21(25-12-18)27-23(31)28-22(30)19-9-14-2-3-15(19)8-14/h4-7,10-15,19H,2-3,8-9H2,1H3,(H2,25,27,28,30,31). The lowest BCUT2D eigenvalue weighted by Crippen LogP contribution is -2.40. The summed E-state index contributed by atoms with van der Waals surface area (Å²) in [5.74, 6) is 2.30. The molecule has 32 heavy (non-hydrogen) atoms. The average Bonchev–Trinajstić information content (AvgIpc) is 3.52. The Balaban J connectivity index is 1.17. The van der Waals surface area contributed by atoms with Gasteiger partial charge >= 0.3 is 6.03 Å². The number of hydrogen-bond donors (Lipinski definition) is 2. The number of nitrogens with zero attached hydrogens (tertiary/aromatic N) is 4. The molecular formula is C23H24N6O3. The zero-order valence-corrected chi connectivity index (χ0v) is 17.7. The summed E-state index contributed by atoms with van der Waals surface area (Å²) in [6.45, 7) is 0. The number of aryl methyl sites for hydroxylation is 1. The number of pyridine rings is 2. The van der Waals surface area contributed by atoms with Crippen molar-refractivity contribution in [1.82, 2.24) is 25.1 Å². The Kier molecular flexibility index (Phi) is 5.30. The molecule has 0 aromatic carbocycles. The van der Waals surface area contributed by atoms with Crippen LogP contribution in [0.25, 0.3) is 11.3 Å². The van der Waals surface area contributed by atoms with Crippen LogP contribution in [0.3, 0.4) is 0 Å². The molecule has 3 atom stereocenters. The first-order chi connectivity index (χ1) is 15.5. The third kappa shape index (κ3) is 4.32. The molecule has 2 bridgehead atoms. The fraction of sp³-hybridized carbons (Fsp3) is 0.348. The maximum Gasteiger partial charge on any atom is 0.327 e. The van der Waals surface area contributed by atoms with Crippen LogP contribution in [0.1, 0.15) is 25.7 Å². The lowest BCUT2D eigenvalue weighted by atomic mass is 9.88. The predicted molar refractivity (Wildman–Crippen MR) is 117 cm³/mol. The first-order valence-corrected chi connectivity index (χ1v) is 10.7. The average molecular weight is 432 g/mol. The smallest absolute Gasteiger partial charge is 0.327 e. The van der Waals surface area contributed by atoms with Crippen LogP contribution in [-0.2, 0) is 11.8 Å². The molecule has 3 amide bonds. The number of carbonyl (C=O) groups is 2. The Morgan fingerprint density at radius 2 is 2.00 bits per heavy atom. The summed E-state index contributed by atoms with van der Waals surface area (Å²) in [5.41, 5.74) is 1.64. The molecule has 0 spiro atoms. The molecule has 2 saturated carbocycles. The van der Waals surface area contributed by atoms with Gasteiger partial charge in [-0.05, 0) is 49.3 Å². The lowest BCUT2D eigenvalue weighted by molar-refractivity contribution is -0.125. The van der Waals surface area contributed by atoms with Crippen LogP contribution in [0, 0.1) is 17.8 Å². The third-order valence-corrected chi connectivity index (χ3v) is 6.26. The molecule has 2 aliphatic rings. The van der Waals surface area contributed by atoms with E-state index in [0.29, 0.717) is 29.2 Å². The molecule has 0 radical (unpaired) electrons. The second kappa shape index (κ2) is 8.41. The highest BCUT2D eigenvalue weighted by molar-refractivity contribution is 6.01. The number of ether oxygens (including phenoxy) is 1. The van der Waals surface area contributed by atoms with E-state index in [-0.39, 0.29) is 11.8 Å². The number of amides is 3. The van der Waals surface area contributed by atoms with E-state index < -0.39 is 6.03 Å². The normalized spacial score (nSPS) is 21.3. The zero-order chi connectivity index (χ0) is 22.1. The summed E-state index contributed by atoms with van der Waals surface area (Å²) in [4.78, 5) is 33.2. The van der Waals surface area contributed by atoms with Crippen molar-refractivity contribution in [3.8, 4) is 22.8 Å². The van der Waals surface area contributed by atoms with Crippen molar-refractivity contribution in [2.24, 2.45) is 24.8 Å². The van der Waals surface area contributed by atoms with E-state index in [4.69, 9.17) is 4.74 Å². The van der Waals surface area contributed by atoms with Gasteiger partial charge in [0, 0.05) is 37.0 Å². The number of rotatable bonds is 5. The maximum absolute atomic E-state index is 12.4. The van der Waals surface area contributed by atoms with E-state index >= 15 is 0 Å². The highest BCUT2D eigenvalue weighted by Gasteiger charge is 2.43. The van der Waals surface area contributed by atoms with E-state index in [9.17, 15) is 9.59 Å². The van der Waals surface area contributed by atoms with Crippen molar-refractivity contribution in [2.75, 3.05) is 5.32 Å². The van der Waals surface area contributed by atoms with Gasteiger partial charge in [0.2, 0.25) is 5.91 Å². The summed E-state index contributed by atoms with van der Waals surface area (Å²) < 4.78 is 7.57. The van der Waals surface area contributed by atoms with E-state index in [1.54, 1.807) is 35.3 Å². The quantitative estimate of drug-likeness (QED) is 0.635. The van der Waals surface area contributed by atoms with E-state index in [0.717, 1.165) is 30.5 Å². The SMILES string of the molecule is Cn1cc(-c2cc(Oc3ccc(NC(=O)NC(=O)C4CC5CCC4C5)nc3)ccn2)cn1. The molecule has 5 rings (SSSR count). The number of aromatic nitrogens is 4. The van der Waals surface area contributed by atoms with Gasteiger partial charge < -0.3 is 4.74 Å². The van der Waals surface area contributed by atoms with Crippen molar-refractivity contribution < 1.29 is 14.3 Å². The molecule has 3 aromatic rings. The second-order valence-corrected chi connectivity index (χ2v) is 8.49. The number of nitrogens with one attached hydrogen (secondary N) is 2. The largest absolute Gasteiger partial charge is 0.456 e. The van der Waals surface area contributed by atoms with Crippen LogP contribution >= 0.6 is 0 Å². The number of hydrogen-bond acceptors (Lipinski definition) is 6. The van der Waals surface area contributed by atoms with E-state index in [1.807, 2.05) is 19.3 Å². The summed E-state index contributed by atoms with van der Waals surface area (Å²) in [7, 11) is 1.85. The Labute approximate surface area is 185 Å². The van der Waals surface area contributed by atoms with Crippen LogP contribution < -0.4 is 15.4 Å².